The maximum absolute atomic E-state index is 13.2. The molecule has 0 spiro atoms. The number of hydrogen-bond donors (Lipinski definition) is 1. The van der Waals surface area contributed by atoms with Crippen LogP contribution in [0.1, 0.15) is 17.2 Å². The Kier molecular flexibility index (Phi) is 6.18. The zero-order chi connectivity index (χ0) is 21.1. The molecule has 0 aromatic heterocycles. The molecule has 1 N–H and O–H groups in total. The number of Topliss-reactive ketones (excluding diaryl/α,β-unsaturated/α-hetero) is 1. The second-order valence-electron chi connectivity index (χ2n) is 7.50. The molecule has 156 valence electrons. The van der Waals surface area contributed by atoms with Gasteiger partial charge in [-0.1, -0.05) is 59.8 Å². The van der Waals surface area contributed by atoms with Crippen LogP contribution in [0.25, 0.3) is 5.76 Å². The van der Waals surface area contributed by atoms with Gasteiger partial charge in [0, 0.05) is 10.6 Å². The van der Waals surface area contributed by atoms with Crippen LogP contribution in [0.15, 0.2) is 60.2 Å². The van der Waals surface area contributed by atoms with Crippen molar-refractivity contribution in [1.29, 1.82) is 0 Å². The van der Waals surface area contributed by atoms with Gasteiger partial charge in [-0.05, 0) is 23.3 Å². The number of likely N-dealkylation sites (tertiary alicyclic amines) is 1. The number of carbonyl (C=O) groups is 2. The topological polar surface area (TPSA) is 74.1 Å². The second-order valence-corrected chi connectivity index (χ2v) is 7.94. The van der Waals surface area contributed by atoms with Gasteiger partial charge in [0.2, 0.25) is 5.78 Å². The highest BCUT2D eigenvalue weighted by molar-refractivity contribution is 6.46. The number of quaternary nitrogens is 1. The number of halogens is 1. The lowest BCUT2D eigenvalue weighted by Crippen LogP contribution is -3.14. The highest BCUT2D eigenvalue weighted by Crippen LogP contribution is 2.38. The fourth-order valence-electron chi connectivity index (χ4n) is 4.03. The van der Waals surface area contributed by atoms with Crippen molar-refractivity contribution in [3.05, 3.63) is 76.3 Å². The smallest absolute Gasteiger partial charge is 0.295 e. The van der Waals surface area contributed by atoms with Gasteiger partial charge in [0.05, 0.1) is 32.3 Å². The summed E-state index contributed by atoms with van der Waals surface area (Å²) in [6.45, 7) is 4.18. The molecule has 2 fully saturated rings. The van der Waals surface area contributed by atoms with Gasteiger partial charge >= 0.3 is 0 Å². The first kappa shape index (κ1) is 20.6. The molecule has 1 amide bonds. The van der Waals surface area contributed by atoms with E-state index in [9.17, 15) is 14.7 Å². The number of nitrogens with one attached hydrogen (secondary N) is 1. The Morgan fingerprint density at radius 1 is 1.07 bits per heavy atom. The third kappa shape index (κ3) is 4.12. The molecule has 0 radical (unpaired) electrons. The average Bonchev–Trinajstić information content (AvgIpc) is 3.04. The number of carbonyl (C=O) groups excluding carboxylic acids is 2. The van der Waals surface area contributed by atoms with E-state index in [2.05, 4.69) is 0 Å². The van der Waals surface area contributed by atoms with E-state index in [4.69, 9.17) is 16.3 Å². The van der Waals surface area contributed by atoms with Crippen molar-refractivity contribution in [2.24, 2.45) is 0 Å². The van der Waals surface area contributed by atoms with E-state index < -0.39 is 23.5 Å². The zero-order valence-corrected chi connectivity index (χ0v) is 17.2. The van der Waals surface area contributed by atoms with Gasteiger partial charge < -0.3 is 19.6 Å². The van der Waals surface area contributed by atoms with Crippen molar-refractivity contribution in [3.63, 3.8) is 0 Å². The molecule has 2 aliphatic rings. The SMILES string of the molecule is O=C1C(=O)N(CC[NH+]2CCOCC2)C(c2ccc(Cl)cc2)/C1=C(\[O-])c1ccccc1. The van der Waals surface area contributed by atoms with Crippen LogP contribution in [-0.2, 0) is 14.3 Å². The van der Waals surface area contributed by atoms with Gasteiger partial charge in [0.1, 0.15) is 13.1 Å². The number of ether oxygens (including phenoxy) is 1. The van der Waals surface area contributed by atoms with Crippen molar-refractivity contribution in [1.82, 2.24) is 4.90 Å². The molecule has 2 aromatic carbocycles. The Morgan fingerprint density at radius 3 is 2.40 bits per heavy atom. The van der Waals surface area contributed by atoms with E-state index in [1.165, 1.54) is 9.80 Å². The molecule has 1 atom stereocenters. The summed E-state index contributed by atoms with van der Waals surface area (Å²) in [5.74, 6) is -1.75. The van der Waals surface area contributed by atoms with Crippen molar-refractivity contribution in [2.75, 3.05) is 39.4 Å². The molecule has 7 heteroatoms. The van der Waals surface area contributed by atoms with Crippen LogP contribution in [0.2, 0.25) is 5.02 Å². The monoisotopic (exact) mass is 426 g/mol. The molecule has 1 unspecified atom stereocenters. The molecule has 0 aliphatic carbocycles. The first-order valence-corrected chi connectivity index (χ1v) is 10.4. The van der Waals surface area contributed by atoms with E-state index in [0.29, 0.717) is 42.5 Å². The molecular weight excluding hydrogens is 404 g/mol. The molecule has 2 heterocycles. The molecular formula is C23H23ClN2O4. The first-order valence-electron chi connectivity index (χ1n) is 10.0. The van der Waals surface area contributed by atoms with E-state index in [1.807, 2.05) is 0 Å². The lowest BCUT2D eigenvalue weighted by atomic mass is 9.95. The molecule has 2 aromatic rings. The minimum Gasteiger partial charge on any atom is -0.872 e. The van der Waals surface area contributed by atoms with E-state index >= 15 is 0 Å². The summed E-state index contributed by atoms with van der Waals surface area (Å²) >= 11 is 6.03. The van der Waals surface area contributed by atoms with Crippen LogP contribution in [0.3, 0.4) is 0 Å². The Morgan fingerprint density at radius 2 is 1.73 bits per heavy atom. The Bertz CT molecular complexity index is 953. The number of hydrogen-bond acceptors (Lipinski definition) is 4. The minimum atomic E-state index is -0.721. The van der Waals surface area contributed by atoms with Gasteiger partial charge in [0.25, 0.3) is 5.91 Å². The second kappa shape index (κ2) is 9.00. The molecule has 4 rings (SSSR count). The Balaban J connectivity index is 1.72. The van der Waals surface area contributed by atoms with Crippen LogP contribution < -0.4 is 10.0 Å². The lowest BCUT2D eigenvalue weighted by Gasteiger charge is -2.30. The van der Waals surface area contributed by atoms with E-state index in [0.717, 1.165) is 13.1 Å². The van der Waals surface area contributed by atoms with Crippen LogP contribution in [0.5, 0.6) is 0 Å². The maximum atomic E-state index is 13.2. The highest BCUT2D eigenvalue weighted by atomic mass is 35.5. The number of ketones is 1. The fraction of sp³-hybridized carbons (Fsp3) is 0.304. The van der Waals surface area contributed by atoms with Crippen LogP contribution >= 0.6 is 11.6 Å². The first-order chi connectivity index (χ1) is 14.6. The van der Waals surface area contributed by atoms with Crippen molar-refractivity contribution < 1.29 is 24.3 Å². The third-order valence-electron chi connectivity index (χ3n) is 5.66. The van der Waals surface area contributed by atoms with Crippen LogP contribution in [0.4, 0.5) is 0 Å². The maximum Gasteiger partial charge on any atom is 0.295 e. The number of morpholine rings is 1. The molecule has 2 aliphatic heterocycles. The summed E-state index contributed by atoms with van der Waals surface area (Å²) in [4.78, 5) is 28.7. The number of benzene rings is 2. The van der Waals surface area contributed by atoms with Crippen molar-refractivity contribution in [3.8, 4) is 0 Å². The normalized spacial score (nSPS) is 21.9. The van der Waals surface area contributed by atoms with Crippen molar-refractivity contribution >= 4 is 29.1 Å². The van der Waals surface area contributed by atoms with E-state index in [1.54, 1.807) is 54.6 Å². The number of nitrogens with zero attached hydrogens (tertiary/aromatic N) is 1. The molecule has 2 saturated heterocycles. The lowest BCUT2D eigenvalue weighted by molar-refractivity contribution is -0.907. The quantitative estimate of drug-likeness (QED) is 0.429. The molecule has 0 saturated carbocycles. The Labute approximate surface area is 180 Å². The Hall–Kier alpha value is -2.67. The van der Waals surface area contributed by atoms with Gasteiger partial charge in [0.15, 0.2) is 0 Å². The zero-order valence-electron chi connectivity index (χ0n) is 16.5. The minimum absolute atomic E-state index is 0.00509. The van der Waals surface area contributed by atoms with Gasteiger partial charge in [-0.15, -0.1) is 0 Å². The summed E-state index contributed by atoms with van der Waals surface area (Å²) < 4.78 is 5.39. The third-order valence-corrected chi connectivity index (χ3v) is 5.91. The van der Waals surface area contributed by atoms with Crippen LogP contribution in [0, 0.1) is 0 Å². The highest BCUT2D eigenvalue weighted by Gasteiger charge is 2.44. The molecule has 6 nitrogen and oxygen atoms in total. The fourth-order valence-corrected chi connectivity index (χ4v) is 4.15. The summed E-state index contributed by atoms with van der Waals surface area (Å²) in [7, 11) is 0. The van der Waals surface area contributed by atoms with E-state index in [-0.39, 0.29) is 5.57 Å². The summed E-state index contributed by atoms with van der Waals surface area (Å²) in [5, 5.41) is 13.8. The predicted octanol–water partition coefficient (Wildman–Crippen LogP) is 0.479. The van der Waals surface area contributed by atoms with Gasteiger partial charge in [-0.3, -0.25) is 9.59 Å². The largest absolute Gasteiger partial charge is 0.872 e. The van der Waals surface area contributed by atoms with Crippen molar-refractivity contribution in [2.45, 2.75) is 6.04 Å². The van der Waals surface area contributed by atoms with Crippen LogP contribution in [-0.4, -0.2) is 56.0 Å². The summed E-state index contributed by atoms with van der Waals surface area (Å²) in [5.41, 5.74) is 1.11. The predicted molar refractivity (Wildman–Crippen MR) is 111 cm³/mol. The summed E-state index contributed by atoms with van der Waals surface area (Å²) in [6, 6.07) is 14.8. The number of amides is 1. The number of rotatable bonds is 5. The standard InChI is InChI=1S/C23H23ClN2O4/c24-18-8-6-16(7-9-18)20-19(21(27)17-4-2-1-3-5-17)22(28)23(29)26(20)11-10-25-12-14-30-15-13-25/h1-9,20,27H,10-15H2/b21-19+. The molecule has 30 heavy (non-hydrogen) atoms. The summed E-state index contributed by atoms with van der Waals surface area (Å²) in [6.07, 6.45) is 0. The average molecular weight is 427 g/mol. The van der Waals surface area contributed by atoms with Gasteiger partial charge in [-0.2, -0.15) is 0 Å². The van der Waals surface area contributed by atoms with Gasteiger partial charge in [-0.25, -0.2) is 0 Å². The molecule has 0 bridgehead atoms.